The van der Waals surface area contributed by atoms with Crippen molar-refractivity contribution < 1.29 is 22.4 Å². The van der Waals surface area contributed by atoms with Crippen LogP contribution < -0.4 is 4.74 Å². The molecule has 0 amide bonds. The fraction of sp³-hybridized carbons (Fsp3) is 0.263. The fourth-order valence-corrected chi connectivity index (χ4v) is 4.43. The number of aromatic nitrogens is 2. The van der Waals surface area contributed by atoms with Crippen LogP contribution in [0.5, 0.6) is 5.75 Å². The molecule has 1 fully saturated rings. The lowest BCUT2D eigenvalue weighted by molar-refractivity contribution is -0.0199. The predicted molar refractivity (Wildman–Crippen MR) is 100 cm³/mol. The minimum atomic E-state index is -3.61. The number of methoxy groups -OCH3 is 1. The van der Waals surface area contributed by atoms with Crippen LogP contribution in [-0.2, 0) is 14.8 Å². The molecule has 0 N–H and O–H groups in total. The second-order valence-corrected chi connectivity index (χ2v) is 8.16. The van der Waals surface area contributed by atoms with E-state index in [1.54, 1.807) is 43.5 Å². The Bertz CT molecular complexity index is 1050. The summed E-state index contributed by atoms with van der Waals surface area (Å²) in [6.07, 6.45) is -0.626. The number of benzene rings is 2. The third-order valence-corrected chi connectivity index (χ3v) is 6.33. The van der Waals surface area contributed by atoms with Gasteiger partial charge in [0, 0.05) is 18.7 Å². The van der Waals surface area contributed by atoms with Gasteiger partial charge in [0.2, 0.25) is 15.8 Å². The van der Waals surface area contributed by atoms with Gasteiger partial charge in [-0.1, -0.05) is 35.5 Å². The summed E-state index contributed by atoms with van der Waals surface area (Å²) in [6.45, 7) is 0.620. The number of nitrogens with zero attached hydrogens (tertiary/aromatic N) is 3. The molecule has 1 atom stereocenters. The summed E-state index contributed by atoms with van der Waals surface area (Å²) in [5.41, 5.74) is 0.735. The summed E-state index contributed by atoms with van der Waals surface area (Å²) >= 11 is 0. The second kappa shape index (κ2) is 7.70. The van der Waals surface area contributed by atoms with Gasteiger partial charge in [-0.2, -0.15) is 9.29 Å². The molecule has 0 aliphatic carbocycles. The molecule has 1 aliphatic heterocycles. The maximum absolute atomic E-state index is 12.9. The van der Waals surface area contributed by atoms with Crippen LogP contribution in [-0.4, -0.2) is 49.7 Å². The molecule has 9 heteroatoms. The first-order valence-electron chi connectivity index (χ1n) is 8.73. The van der Waals surface area contributed by atoms with Crippen LogP contribution >= 0.6 is 0 Å². The molecule has 1 aromatic heterocycles. The molecule has 0 bridgehead atoms. The highest BCUT2D eigenvalue weighted by Crippen LogP contribution is 2.28. The fourth-order valence-electron chi connectivity index (χ4n) is 2.98. The van der Waals surface area contributed by atoms with E-state index in [1.807, 2.05) is 18.2 Å². The van der Waals surface area contributed by atoms with E-state index in [0.29, 0.717) is 11.6 Å². The molecule has 0 unspecified atom stereocenters. The van der Waals surface area contributed by atoms with Crippen LogP contribution in [0.3, 0.4) is 0 Å². The third kappa shape index (κ3) is 3.64. The van der Waals surface area contributed by atoms with Crippen molar-refractivity contribution in [2.24, 2.45) is 0 Å². The van der Waals surface area contributed by atoms with Gasteiger partial charge in [-0.15, -0.1) is 0 Å². The van der Waals surface area contributed by atoms with Crippen LogP contribution in [0.4, 0.5) is 0 Å². The molecular weight excluding hydrogens is 382 g/mol. The zero-order valence-corrected chi connectivity index (χ0v) is 16.0. The van der Waals surface area contributed by atoms with Gasteiger partial charge in [0.15, 0.2) is 6.10 Å². The Kier molecular flexibility index (Phi) is 5.12. The van der Waals surface area contributed by atoms with Gasteiger partial charge in [0.05, 0.1) is 18.6 Å². The highest BCUT2D eigenvalue weighted by atomic mass is 32.2. The first-order chi connectivity index (χ1) is 13.6. The average molecular weight is 401 g/mol. The highest BCUT2D eigenvalue weighted by Gasteiger charge is 2.34. The first-order valence-corrected chi connectivity index (χ1v) is 10.2. The summed E-state index contributed by atoms with van der Waals surface area (Å²) in [5.74, 6) is 1.31. The molecule has 0 saturated carbocycles. The summed E-state index contributed by atoms with van der Waals surface area (Å²) in [7, 11) is -2.03. The topological polar surface area (TPSA) is 94.8 Å². The lowest BCUT2D eigenvalue weighted by atomic mass is 10.2. The molecule has 0 radical (unpaired) electrons. The van der Waals surface area contributed by atoms with Gasteiger partial charge in [-0.3, -0.25) is 0 Å². The average Bonchev–Trinajstić information content (AvgIpc) is 3.25. The molecule has 146 valence electrons. The number of hydrogen-bond donors (Lipinski definition) is 0. The molecule has 3 aromatic rings. The van der Waals surface area contributed by atoms with Crippen molar-refractivity contribution in [3.63, 3.8) is 0 Å². The Morgan fingerprint density at radius 3 is 2.75 bits per heavy atom. The first kappa shape index (κ1) is 18.6. The predicted octanol–water partition coefficient (Wildman–Crippen LogP) is 2.51. The van der Waals surface area contributed by atoms with Crippen LogP contribution in [0, 0.1) is 0 Å². The summed E-state index contributed by atoms with van der Waals surface area (Å²) in [4.78, 5) is 4.64. The molecule has 4 rings (SSSR count). The standard InChI is InChI=1S/C19H19N3O5S/c1-25-15-7-5-6-14(12-15)18-20-19(27-21-18)17-13-22(10-11-26-17)28(23,24)16-8-3-2-4-9-16/h2-9,12,17H,10-11,13H2,1H3/t17-/m1/s1. The zero-order chi connectivity index (χ0) is 19.6. The third-order valence-electron chi connectivity index (χ3n) is 4.46. The van der Waals surface area contributed by atoms with Gasteiger partial charge in [-0.25, -0.2) is 8.42 Å². The number of rotatable bonds is 5. The summed E-state index contributed by atoms with van der Waals surface area (Å²) < 4.78 is 43.3. The Labute approximate surface area is 162 Å². The maximum Gasteiger partial charge on any atom is 0.257 e. The molecule has 2 aromatic carbocycles. The number of hydrogen-bond acceptors (Lipinski definition) is 7. The van der Waals surface area contributed by atoms with E-state index in [2.05, 4.69) is 10.1 Å². The Morgan fingerprint density at radius 1 is 1.14 bits per heavy atom. The van der Waals surface area contributed by atoms with Crippen molar-refractivity contribution >= 4 is 10.0 Å². The van der Waals surface area contributed by atoms with E-state index >= 15 is 0 Å². The summed E-state index contributed by atoms with van der Waals surface area (Å²) in [6, 6.07) is 15.6. The van der Waals surface area contributed by atoms with E-state index in [0.717, 1.165) is 5.56 Å². The van der Waals surface area contributed by atoms with E-state index in [1.165, 1.54) is 4.31 Å². The van der Waals surface area contributed by atoms with Crippen molar-refractivity contribution in [3.05, 3.63) is 60.5 Å². The minimum absolute atomic E-state index is 0.108. The van der Waals surface area contributed by atoms with Crippen molar-refractivity contribution in [2.45, 2.75) is 11.0 Å². The number of ether oxygens (including phenoxy) is 2. The van der Waals surface area contributed by atoms with Gasteiger partial charge in [0.1, 0.15) is 5.75 Å². The maximum atomic E-state index is 12.9. The Morgan fingerprint density at radius 2 is 1.96 bits per heavy atom. The van der Waals surface area contributed by atoms with Crippen molar-refractivity contribution in [2.75, 3.05) is 26.8 Å². The Hall–Kier alpha value is -2.75. The lowest BCUT2D eigenvalue weighted by Crippen LogP contribution is -2.42. The summed E-state index contributed by atoms with van der Waals surface area (Å²) in [5, 5.41) is 3.99. The minimum Gasteiger partial charge on any atom is -0.497 e. The molecule has 1 aliphatic rings. The molecule has 1 saturated heterocycles. The van der Waals surface area contributed by atoms with Gasteiger partial charge in [-0.05, 0) is 24.3 Å². The smallest absolute Gasteiger partial charge is 0.257 e. The van der Waals surface area contributed by atoms with E-state index < -0.39 is 16.1 Å². The SMILES string of the molecule is COc1cccc(-c2noc([C@H]3CN(S(=O)(=O)c4ccccc4)CCO3)n2)c1. The second-order valence-electron chi connectivity index (χ2n) is 6.22. The molecule has 28 heavy (non-hydrogen) atoms. The normalized spacial score (nSPS) is 18.1. The van der Waals surface area contributed by atoms with Crippen molar-refractivity contribution in [1.82, 2.24) is 14.4 Å². The van der Waals surface area contributed by atoms with Crippen LogP contribution in [0.2, 0.25) is 0 Å². The molecule has 0 spiro atoms. The van der Waals surface area contributed by atoms with Crippen LogP contribution in [0.25, 0.3) is 11.4 Å². The largest absolute Gasteiger partial charge is 0.497 e. The Balaban J connectivity index is 1.55. The molecular formula is C19H19N3O5S. The van der Waals surface area contributed by atoms with E-state index in [9.17, 15) is 8.42 Å². The van der Waals surface area contributed by atoms with Gasteiger partial charge >= 0.3 is 0 Å². The quantitative estimate of drug-likeness (QED) is 0.648. The monoisotopic (exact) mass is 401 g/mol. The van der Waals surface area contributed by atoms with Gasteiger partial charge < -0.3 is 14.0 Å². The van der Waals surface area contributed by atoms with Crippen molar-refractivity contribution in [3.8, 4) is 17.1 Å². The zero-order valence-electron chi connectivity index (χ0n) is 15.2. The van der Waals surface area contributed by atoms with Crippen LogP contribution in [0.1, 0.15) is 12.0 Å². The van der Waals surface area contributed by atoms with Gasteiger partial charge in [0.25, 0.3) is 5.89 Å². The lowest BCUT2D eigenvalue weighted by Gasteiger charge is -2.30. The van der Waals surface area contributed by atoms with Crippen molar-refractivity contribution in [1.29, 1.82) is 0 Å². The number of morpholine rings is 1. The van der Waals surface area contributed by atoms with Crippen LogP contribution in [0.15, 0.2) is 64.0 Å². The number of sulfonamides is 1. The molecule has 2 heterocycles. The van der Waals surface area contributed by atoms with E-state index in [-0.39, 0.29) is 30.5 Å². The highest BCUT2D eigenvalue weighted by molar-refractivity contribution is 7.89. The molecule has 8 nitrogen and oxygen atoms in total. The van der Waals surface area contributed by atoms with E-state index in [4.69, 9.17) is 14.0 Å².